The molecule has 2 unspecified atom stereocenters. The predicted octanol–water partition coefficient (Wildman–Crippen LogP) is 0.925. The van der Waals surface area contributed by atoms with Gasteiger partial charge in [-0.15, -0.1) is 4.36 Å². The second-order valence-corrected chi connectivity index (χ2v) is 9.99. The molecule has 0 radical (unpaired) electrons. The maximum atomic E-state index is 13.1. The summed E-state index contributed by atoms with van der Waals surface area (Å²) < 4.78 is 22.5. The summed E-state index contributed by atoms with van der Waals surface area (Å²) in [5.41, 5.74) is 5.79. The summed E-state index contributed by atoms with van der Waals surface area (Å²) >= 11 is 0. The fourth-order valence-electron chi connectivity index (χ4n) is 4.87. The highest BCUT2D eigenvalue weighted by molar-refractivity contribution is 7.93. The standard InChI is InChI=1S/C19H25N5O4S/c20-29(27,16-8-21-24-13(9-25)10-28-18(16)24)23-19(26)22-17-14-5-1-3-11(14)7-12-4-2-6-15(12)17/h7-8,13,16,18,25H,1-6,9-10H2,(H3,20,22,23,26,27)/t13-,16?,18?,29+/m1/s1. The van der Waals surface area contributed by atoms with E-state index in [4.69, 9.17) is 9.88 Å². The third-order valence-corrected chi connectivity index (χ3v) is 7.84. The number of amides is 2. The Labute approximate surface area is 169 Å². The fraction of sp³-hybridized carbons (Fsp3) is 0.579. The zero-order chi connectivity index (χ0) is 20.2. The predicted molar refractivity (Wildman–Crippen MR) is 109 cm³/mol. The highest BCUT2D eigenvalue weighted by atomic mass is 32.2. The number of hydrogen-bond donors (Lipinski definition) is 3. The lowest BCUT2D eigenvalue weighted by atomic mass is 9.99. The summed E-state index contributed by atoms with van der Waals surface area (Å²) in [5, 5.41) is 23.1. The number of ether oxygens (including phenoxy) is 1. The van der Waals surface area contributed by atoms with Crippen LogP contribution in [0.5, 0.6) is 0 Å². The van der Waals surface area contributed by atoms with E-state index in [0.29, 0.717) is 0 Å². The number of benzene rings is 1. The van der Waals surface area contributed by atoms with E-state index in [-0.39, 0.29) is 19.3 Å². The van der Waals surface area contributed by atoms with E-state index in [1.807, 2.05) is 0 Å². The number of hydrazone groups is 1. The molecule has 2 aliphatic carbocycles. The maximum absolute atomic E-state index is 13.1. The van der Waals surface area contributed by atoms with E-state index >= 15 is 0 Å². The number of nitrogens with one attached hydrogen (secondary N) is 1. The van der Waals surface area contributed by atoms with Crippen molar-refractivity contribution in [2.45, 2.75) is 56.0 Å². The monoisotopic (exact) mass is 419 g/mol. The Morgan fingerprint density at radius 2 is 2.00 bits per heavy atom. The number of aryl methyl sites for hydroxylation is 2. The molecule has 0 bridgehead atoms. The van der Waals surface area contributed by atoms with Crippen LogP contribution in [0.2, 0.25) is 0 Å². The van der Waals surface area contributed by atoms with E-state index in [1.54, 1.807) is 5.01 Å². The zero-order valence-electron chi connectivity index (χ0n) is 16.0. The minimum Gasteiger partial charge on any atom is -0.394 e. The van der Waals surface area contributed by atoms with Crippen molar-refractivity contribution in [2.24, 2.45) is 14.6 Å². The molecule has 1 fully saturated rings. The molecule has 5 rings (SSSR count). The van der Waals surface area contributed by atoms with Gasteiger partial charge in [-0.1, -0.05) is 6.07 Å². The molecule has 10 heteroatoms. The Kier molecular flexibility index (Phi) is 4.61. The molecule has 0 spiro atoms. The van der Waals surface area contributed by atoms with Crippen molar-refractivity contribution >= 4 is 27.8 Å². The van der Waals surface area contributed by atoms with Crippen molar-refractivity contribution in [3.63, 3.8) is 0 Å². The number of rotatable bonds is 3. The van der Waals surface area contributed by atoms with Gasteiger partial charge in [0.05, 0.1) is 19.3 Å². The molecule has 4 N–H and O–H groups in total. The summed E-state index contributed by atoms with van der Waals surface area (Å²) in [6.07, 6.45) is 6.79. The first-order valence-corrected chi connectivity index (χ1v) is 11.7. The number of urea groups is 1. The normalized spacial score (nSPS) is 28.8. The highest BCUT2D eigenvalue weighted by Gasteiger charge is 2.45. The largest absolute Gasteiger partial charge is 0.394 e. The van der Waals surface area contributed by atoms with Gasteiger partial charge >= 0.3 is 6.03 Å². The Morgan fingerprint density at radius 3 is 2.66 bits per heavy atom. The van der Waals surface area contributed by atoms with E-state index in [0.717, 1.165) is 44.2 Å². The van der Waals surface area contributed by atoms with Gasteiger partial charge in [0.2, 0.25) is 0 Å². The van der Waals surface area contributed by atoms with Crippen LogP contribution in [0.3, 0.4) is 0 Å². The van der Waals surface area contributed by atoms with Gasteiger partial charge in [-0.3, -0.25) is 5.01 Å². The van der Waals surface area contributed by atoms with Crippen LogP contribution in [0.1, 0.15) is 35.1 Å². The van der Waals surface area contributed by atoms with Crippen LogP contribution >= 0.6 is 0 Å². The molecular formula is C19H25N5O4S. The Bertz CT molecular complexity index is 984. The maximum Gasteiger partial charge on any atom is 0.354 e. The summed E-state index contributed by atoms with van der Waals surface area (Å²) in [7, 11) is -3.43. The molecule has 0 aromatic heterocycles. The molecule has 1 aromatic carbocycles. The average Bonchev–Trinajstić information content (AvgIpc) is 3.43. The molecule has 4 aliphatic rings. The van der Waals surface area contributed by atoms with Gasteiger partial charge in [-0.2, -0.15) is 5.10 Å². The molecule has 2 aliphatic heterocycles. The van der Waals surface area contributed by atoms with Gasteiger partial charge in [-0.05, 0) is 60.8 Å². The van der Waals surface area contributed by atoms with E-state index in [9.17, 15) is 14.1 Å². The zero-order valence-corrected chi connectivity index (χ0v) is 16.9. The molecule has 2 heterocycles. The van der Waals surface area contributed by atoms with Crippen molar-refractivity contribution in [1.82, 2.24) is 5.01 Å². The molecule has 1 aromatic rings. The van der Waals surface area contributed by atoms with E-state index in [1.165, 1.54) is 28.5 Å². The number of hydrogen-bond acceptors (Lipinski definition) is 6. The average molecular weight is 420 g/mol. The number of aliphatic hydroxyl groups is 1. The molecule has 156 valence electrons. The van der Waals surface area contributed by atoms with Crippen LogP contribution in [-0.4, -0.2) is 57.3 Å². The van der Waals surface area contributed by atoms with Gasteiger partial charge < -0.3 is 15.2 Å². The van der Waals surface area contributed by atoms with Crippen LogP contribution in [0.15, 0.2) is 15.5 Å². The molecule has 1 saturated heterocycles. The molecule has 4 atom stereocenters. The minimum atomic E-state index is -3.43. The number of aliphatic hydroxyl groups excluding tert-OH is 1. The minimum absolute atomic E-state index is 0.131. The van der Waals surface area contributed by atoms with Crippen molar-refractivity contribution in [3.05, 3.63) is 28.3 Å². The second-order valence-electron chi connectivity index (χ2n) is 8.04. The Morgan fingerprint density at radius 1 is 1.31 bits per heavy atom. The number of anilines is 1. The Hall–Kier alpha value is -2.01. The molecule has 0 saturated carbocycles. The number of nitrogens with two attached hydrogens (primary N) is 1. The number of fused-ring (bicyclic) bond motifs is 3. The molecule has 9 nitrogen and oxygen atoms in total. The first-order valence-electron chi connectivity index (χ1n) is 10.0. The lowest BCUT2D eigenvalue weighted by Gasteiger charge is -2.21. The van der Waals surface area contributed by atoms with Gasteiger partial charge in [-0.25, -0.2) is 14.1 Å². The second kappa shape index (κ2) is 7.05. The lowest BCUT2D eigenvalue weighted by Crippen LogP contribution is -2.43. The lowest BCUT2D eigenvalue weighted by molar-refractivity contribution is 0.0507. The SMILES string of the molecule is N[S@](=O)(=NC(=O)Nc1c2c(cc3c1CCC3)CCC2)C1C=NN2C1OC[C@H]2CO. The molecular weight excluding hydrogens is 394 g/mol. The van der Waals surface area contributed by atoms with Crippen LogP contribution in [0.4, 0.5) is 10.5 Å². The smallest absolute Gasteiger partial charge is 0.354 e. The summed E-state index contributed by atoms with van der Waals surface area (Å²) in [5.74, 6) is 0. The fourth-order valence-corrected chi connectivity index (χ4v) is 6.06. The third kappa shape index (κ3) is 3.14. The van der Waals surface area contributed by atoms with Crippen LogP contribution < -0.4 is 10.5 Å². The summed E-state index contributed by atoms with van der Waals surface area (Å²) in [4.78, 5) is 12.7. The topological polar surface area (TPSA) is 130 Å². The molecule has 29 heavy (non-hydrogen) atoms. The van der Waals surface area contributed by atoms with Crippen molar-refractivity contribution in [1.29, 1.82) is 0 Å². The van der Waals surface area contributed by atoms with Gasteiger partial charge in [0, 0.05) is 11.9 Å². The third-order valence-electron chi connectivity index (χ3n) is 6.25. The summed E-state index contributed by atoms with van der Waals surface area (Å²) in [6.45, 7) is 0.132. The van der Waals surface area contributed by atoms with E-state index in [2.05, 4.69) is 20.8 Å². The van der Waals surface area contributed by atoms with Crippen molar-refractivity contribution < 1.29 is 18.8 Å². The first kappa shape index (κ1) is 19.0. The van der Waals surface area contributed by atoms with Gasteiger partial charge in [0.1, 0.15) is 15.2 Å². The number of carbonyl (C=O) groups excluding carboxylic acids is 1. The van der Waals surface area contributed by atoms with Crippen LogP contribution in [0, 0.1) is 0 Å². The number of carbonyl (C=O) groups is 1. The van der Waals surface area contributed by atoms with Crippen molar-refractivity contribution in [2.75, 3.05) is 18.5 Å². The van der Waals surface area contributed by atoms with Gasteiger partial charge in [0.25, 0.3) is 0 Å². The molecule has 2 amide bonds. The number of nitrogens with zero attached hydrogens (tertiary/aromatic N) is 3. The Balaban J connectivity index is 1.41. The highest BCUT2D eigenvalue weighted by Crippen LogP contribution is 2.38. The van der Waals surface area contributed by atoms with Gasteiger partial charge in [0.15, 0.2) is 6.23 Å². The van der Waals surface area contributed by atoms with Crippen molar-refractivity contribution in [3.8, 4) is 0 Å². The quantitative estimate of drug-likeness (QED) is 0.671. The van der Waals surface area contributed by atoms with Crippen LogP contribution in [0.25, 0.3) is 0 Å². The van der Waals surface area contributed by atoms with Crippen LogP contribution in [-0.2, 0) is 40.3 Å². The first-order chi connectivity index (χ1) is 14.0. The van der Waals surface area contributed by atoms with E-state index < -0.39 is 27.4 Å². The summed E-state index contributed by atoms with van der Waals surface area (Å²) in [6, 6.07) is 1.28.